The lowest BCUT2D eigenvalue weighted by molar-refractivity contribution is 0.475. The predicted octanol–water partition coefficient (Wildman–Crippen LogP) is 0.913. The molecule has 0 fully saturated rings. The first-order valence-electron chi connectivity index (χ1n) is 7.42. The van der Waals surface area contributed by atoms with Crippen LogP contribution < -0.4 is 11.2 Å². The molecule has 3 aromatic rings. The van der Waals surface area contributed by atoms with Crippen LogP contribution in [0.1, 0.15) is 5.56 Å². The van der Waals surface area contributed by atoms with Crippen LogP contribution in [0.25, 0.3) is 11.2 Å². The van der Waals surface area contributed by atoms with Crippen LogP contribution in [-0.2, 0) is 20.6 Å². The maximum atomic E-state index is 12.5. The third-order valence-corrected chi connectivity index (χ3v) is 4.55. The summed E-state index contributed by atoms with van der Waals surface area (Å²) < 4.78 is 4.12. The highest BCUT2D eigenvalue weighted by molar-refractivity contribution is 7.98. The Morgan fingerprint density at radius 2 is 2.00 bits per heavy atom. The summed E-state index contributed by atoms with van der Waals surface area (Å²) in [5.41, 5.74) is 0.483. The number of rotatable bonds is 2. The van der Waals surface area contributed by atoms with Gasteiger partial charge in [-0.05, 0) is 24.5 Å². The van der Waals surface area contributed by atoms with E-state index in [-0.39, 0.29) is 17.9 Å². The number of phenolic OH excluding ortho intramolecular Hbond substituents is 1. The van der Waals surface area contributed by atoms with Crippen molar-refractivity contribution in [2.24, 2.45) is 14.1 Å². The van der Waals surface area contributed by atoms with Crippen molar-refractivity contribution in [1.82, 2.24) is 18.7 Å². The molecule has 0 aliphatic heterocycles. The monoisotopic (exact) mass is 356 g/mol. The van der Waals surface area contributed by atoms with Gasteiger partial charge in [-0.2, -0.15) is 0 Å². The van der Waals surface area contributed by atoms with E-state index in [2.05, 4.69) is 16.8 Å². The number of aromatic hydroxyl groups is 1. The van der Waals surface area contributed by atoms with Crippen molar-refractivity contribution in [2.45, 2.75) is 11.7 Å². The standard InChI is InChI=1S/C17H16N4O3S/c1-19-13-14(18-16(19)25-3)21(17(24)20(2)15(13)23)9-5-7-11-6-4-8-12(22)10-11/h4,6,8,10,22H,9H2,1-3H3. The SMILES string of the molecule is CSc1nc2c(c(=O)n(C)c(=O)n2CC#Cc2cccc(O)c2)n1C. The number of thioether (sulfide) groups is 1. The molecule has 25 heavy (non-hydrogen) atoms. The molecule has 7 nitrogen and oxygen atoms in total. The molecule has 0 unspecified atom stereocenters. The quantitative estimate of drug-likeness (QED) is 0.545. The Labute approximate surface area is 147 Å². The minimum Gasteiger partial charge on any atom is -0.508 e. The molecule has 0 bridgehead atoms. The molecule has 128 valence electrons. The molecule has 0 saturated heterocycles. The summed E-state index contributed by atoms with van der Waals surface area (Å²) in [6.45, 7) is 0.0872. The number of hydrogen-bond donors (Lipinski definition) is 1. The van der Waals surface area contributed by atoms with Crippen molar-refractivity contribution in [3.8, 4) is 17.6 Å². The van der Waals surface area contributed by atoms with E-state index in [9.17, 15) is 14.7 Å². The summed E-state index contributed by atoms with van der Waals surface area (Å²) in [6.07, 6.45) is 1.86. The molecule has 8 heteroatoms. The topological polar surface area (TPSA) is 82.1 Å². The maximum absolute atomic E-state index is 12.5. The second-order valence-corrected chi connectivity index (χ2v) is 6.19. The molecule has 0 amide bonds. The highest BCUT2D eigenvalue weighted by atomic mass is 32.2. The highest BCUT2D eigenvalue weighted by Crippen LogP contribution is 2.17. The Morgan fingerprint density at radius 1 is 1.24 bits per heavy atom. The molecule has 2 aromatic heterocycles. The van der Waals surface area contributed by atoms with Gasteiger partial charge in [-0.1, -0.05) is 29.7 Å². The maximum Gasteiger partial charge on any atom is 0.333 e. The molecule has 0 radical (unpaired) electrons. The van der Waals surface area contributed by atoms with Crippen LogP contribution in [0.4, 0.5) is 0 Å². The van der Waals surface area contributed by atoms with Crippen molar-refractivity contribution in [2.75, 3.05) is 6.26 Å². The van der Waals surface area contributed by atoms with Crippen LogP contribution >= 0.6 is 11.8 Å². The number of aromatic nitrogens is 4. The van der Waals surface area contributed by atoms with E-state index >= 15 is 0 Å². The van der Waals surface area contributed by atoms with Crippen LogP contribution in [0.15, 0.2) is 39.0 Å². The summed E-state index contributed by atoms with van der Waals surface area (Å²) in [6, 6.07) is 6.56. The fraction of sp³-hybridized carbons (Fsp3) is 0.235. The number of hydrogen-bond acceptors (Lipinski definition) is 5. The van der Waals surface area contributed by atoms with Crippen molar-refractivity contribution in [3.63, 3.8) is 0 Å². The Morgan fingerprint density at radius 3 is 2.68 bits per heavy atom. The minimum absolute atomic E-state index is 0.0872. The fourth-order valence-corrected chi connectivity index (χ4v) is 3.08. The van der Waals surface area contributed by atoms with Gasteiger partial charge in [-0.3, -0.25) is 13.9 Å². The summed E-state index contributed by atoms with van der Waals surface area (Å²) in [5.74, 6) is 5.93. The number of aryl methyl sites for hydroxylation is 1. The van der Waals surface area contributed by atoms with Gasteiger partial charge in [0.05, 0.1) is 6.54 Å². The zero-order chi connectivity index (χ0) is 18.1. The Balaban J connectivity index is 2.14. The fourth-order valence-electron chi connectivity index (χ4n) is 2.54. The van der Waals surface area contributed by atoms with Gasteiger partial charge >= 0.3 is 5.69 Å². The molecule has 3 rings (SSSR count). The molecule has 0 spiro atoms. The van der Waals surface area contributed by atoms with Crippen molar-refractivity contribution in [1.29, 1.82) is 0 Å². The number of phenols is 1. The van der Waals surface area contributed by atoms with Crippen molar-refractivity contribution < 1.29 is 5.11 Å². The molecule has 2 heterocycles. The van der Waals surface area contributed by atoms with Gasteiger partial charge in [0.2, 0.25) is 0 Å². The minimum atomic E-state index is -0.464. The average Bonchev–Trinajstić information content (AvgIpc) is 2.92. The number of imidazole rings is 1. The van der Waals surface area contributed by atoms with E-state index in [0.29, 0.717) is 21.9 Å². The first kappa shape index (κ1) is 16.9. The lowest BCUT2D eigenvalue weighted by Gasteiger charge is -2.05. The van der Waals surface area contributed by atoms with E-state index in [1.165, 1.54) is 23.4 Å². The Hall–Kier alpha value is -2.92. The zero-order valence-corrected chi connectivity index (χ0v) is 14.8. The van der Waals surface area contributed by atoms with Gasteiger partial charge in [-0.15, -0.1) is 0 Å². The van der Waals surface area contributed by atoms with E-state index in [4.69, 9.17) is 0 Å². The van der Waals surface area contributed by atoms with Gasteiger partial charge < -0.3 is 9.67 Å². The summed E-state index contributed by atoms with van der Waals surface area (Å²) in [4.78, 5) is 29.3. The molecule has 0 atom stereocenters. The average molecular weight is 356 g/mol. The van der Waals surface area contributed by atoms with Crippen LogP contribution in [-0.4, -0.2) is 30.0 Å². The van der Waals surface area contributed by atoms with Crippen LogP contribution in [0.5, 0.6) is 5.75 Å². The van der Waals surface area contributed by atoms with Crippen molar-refractivity contribution in [3.05, 3.63) is 50.7 Å². The number of benzene rings is 1. The molecular weight excluding hydrogens is 340 g/mol. The molecule has 1 aromatic carbocycles. The molecule has 0 aliphatic carbocycles. The second-order valence-electron chi connectivity index (χ2n) is 5.41. The summed E-state index contributed by atoms with van der Waals surface area (Å²) in [7, 11) is 3.19. The molecule has 0 saturated carbocycles. The van der Waals surface area contributed by atoms with Crippen molar-refractivity contribution >= 4 is 22.9 Å². The molecular formula is C17H16N4O3S. The van der Waals surface area contributed by atoms with E-state index in [1.54, 1.807) is 35.9 Å². The van der Waals surface area contributed by atoms with Gasteiger partial charge in [0, 0.05) is 19.7 Å². The molecule has 1 N–H and O–H groups in total. The van der Waals surface area contributed by atoms with E-state index < -0.39 is 5.69 Å². The normalized spacial score (nSPS) is 10.7. The Kier molecular flexibility index (Phi) is 4.42. The molecule has 0 aliphatic rings. The lowest BCUT2D eigenvalue weighted by Crippen LogP contribution is -2.38. The third kappa shape index (κ3) is 2.94. The summed E-state index contributed by atoms with van der Waals surface area (Å²) >= 11 is 1.40. The largest absolute Gasteiger partial charge is 0.508 e. The smallest absolute Gasteiger partial charge is 0.333 e. The lowest BCUT2D eigenvalue weighted by atomic mass is 10.2. The first-order chi connectivity index (χ1) is 11.9. The zero-order valence-electron chi connectivity index (χ0n) is 14.0. The van der Waals surface area contributed by atoms with E-state index in [0.717, 1.165) is 4.57 Å². The van der Waals surface area contributed by atoms with Crippen LogP contribution in [0, 0.1) is 11.8 Å². The third-order valence-electron chi connectivity index (χ3n) is 3.82. The van der Waals surface area contributed by atoms with Gasteiger partial charge in [0.15, 0.2) is 16.3 Å². The van der Waals surface area contributed by atoms with Gasteiger partial charge in [-0.25, -0.2) is 9.78 Å². The second kappa shape index (κ2) is 6.53. The van der Waals surface area contributed by atoms with Crippen LogP contribution in [0.3, 0.4) is 0 Å². The summed E-state index contributed by atoms with van der Waals surface area (Å²) in [5, 5.41) is 10.1. The van der Waals surface area contributed by atoms with Gasteiger partial charge in [0.25, 0.3) is 5.56 Å². The highest BCUT2D eigenvalue weighted by Gasteiger charge is 2.17. The van der Waals surface area contributed by atoms with Gasteiger partial charge in [0.1, 0.15) is 5.75 Å². The Bertz CT molecular complexity index is 1140. The number of nitrogens with zero attached hydrogens (tertiary/aromatic N) is 4. The predicted molar refractivity (Wildman–Crippen MR) is 97.0 cm³/mol. The number of fused-ring (bicyclic) bond motifs is 1. The first-order valence-corrected chi connectivity index (χ1v) is 8.64. The van der Waals surface area contributed by atoms with Crippen LogP contribution in [0.2, 0.25) is 0 Å². The van der Waals surface area contributed by atoms with E-state index in [1.807, 2.05) is 6.26 Å².